The third kappa shape index (κ3) is 5.17. The van der Waals surface area contributed by atoms with Crippen molar-refractivity contribution in [1.82, 2.24) is 9.88 Å². The summed E-state index contributed by atoms with van der Waals surface area (Å²) in [5.74, 6) is 0.582. The van der Waals surface area contributed by atoms with Crippen LogP contribution in [0.2, 0.25) is 0 Å². The number of nitrogens with one attached hydrogen (secondary N) is 1. The number of fused-ring (bicyclic) bond motifs is 2. The van der Waals surface area contributed by atoms with Gasteiger partial charge < -0.3 is 19.7 Å². The standard InChI is InChI=1S/C31H42N2O4/c1-20-23(29(36)32-14-10-27(34)35)18-26(33(20)19-21-8-6-5-7-9-21)22-16-24(30(2,3)4)28-25(17-22)31(11-12-31)13-15-37-28/h16-18,21H,5-15,19H2,1-4H3,(H,32,36)(H,34,35). The highest BCUT2D eigenvalue weighted by atomic mass is 16.5. The minimum atomic E-state index is -0.910. The van der Waals surface area contributed by atoms with E-state index in [1.165, 1.54) is 56.1 Å². The number of nitrogens with zero attached hydrogens (tertiary/aromatic N) is 1. The van der Waals surface area contributed by atoms with Crippen LogP contribution in [0.15, 0.2) is 18.2 Å². The molecule has 1 amide bonds. The molecule has 2 saturated carbocycles. The van der Waals surface area contributed by atoms with Crippen LogP contribution in [-0.2, 0) is 22.2 Å². The lowest BCUT2D eigenvalue weighted by atomic mass is 9.79. The van der Waals surface area contributed by atoms with E-state index in [0.29, 0.717) is 11.5 Å². The Bertz CT molecular complexity index is 1180. The molecule has 1 aliphatic heterocycles. The molecule has 1 spiro atoms. The van der Waals surface area contributed by atoms with Crippen LogP contribution in [0.25, 0.3) is 11.3 Å². The maximum absolute atomic E-state index is 13.2. The monoisotopic (exact) mass is 506 g/mol. The highest BCUT2D eigenvalue weighted by Gasteiger charge is 2.49. The second-order valence-electron chi connectivity index (χ2n) is 12.6. The average molecular weight is 507 g/mol. The summed E-state index contributed by atoms with van der Waals surface area (Å²) < 4.78 is 8.67. The van der Waals surface area contributed by atoms with E-state index >= 15 is 0 Å². The van der Waals surface area contributed by atoms with Gasteiger partial charge in [-0.25, -0.2) is 0 Å². The maximum atomic E-state index is 13.2. The second-order valence-corrected chi connectivity index (χ2v) is 12.6. The van der Waals surface area contributed by atoms with Gasteiger partial charge in [0.25, 0.3) is 5.91 Å². The van der Waals surface area contributed by atoms with Crippen molar-refractivity contribution in [2.24, 2.45) is 5.92 Å². The molecule has 6 heteroatoms. The molecule has 2 fully saturated rings. The van der Waals surface area contributed by atoms with E-state index in [1.54, 1.807) is 0 Å². The van der Waals surface area contributed by atoms with Gasteiger partial charge in [0.2, 0.25) is 0 Å². The molecular weight excluding hydrogens is 464 g/mol. The van der Waals surface area contributed by atoms with Crippen molar-refractivity contribution in [3.05, 3.63) is 40.6 Å². The first-order chi connectivity index (χ1) is 17.6. The van der Waals surface area contributed by atoms with Gasteiger partial charge >= 0.3 is 5.97 Å². The van der Waals surface area contributed by atoms with Crippen LogP contribution in [-0.4, -0.2) is 34.7 Å². The van der Waals surface area contributed by atoms with Crippen molar-refractivity contribution in [3.8, 4) is 17.0 Å². The lowest BCUT2D eigenvalue weighted by Gasteiger charge is -2.33. The van der Waals surface area contributed by atoms with Crippen molar-refractivity contribution in [1.29, 1.82) is 0 Å². The smallest absolute Gasteiger partial charge is 0.305 e. The molecule has 0 saturated heterocycles. The molecule has 0 radical (unpaired) electrons. The number of aliphatic carboxylic acids is 1. The van der Waals surface area contributed by atoms with Gasteiger partial charge in [-0.2, -0.15) is 0 Å². The average Bonchev–Trinajstić information content (AvgIpc) is 3.55. The minimum absolute atomic E-state index is 0.0691. The van der Waals surface area contributed by atoms with E-state index in [2.05, 4.69) is 42.8 Å². The molecule has 6 nitrogen and oxygen atoms in total. The van der Waals surface area contributed by atoms with Crippen LogP contribution in [0.4, 0.5) is 0 Å². The number of hydrogen-bond donors (Lipinski definition) is 2. The van der Waals surface area contributed by atoms with Crippen LogP contribution in [0.1, 0.15) is 106 Å². The first-order valence-corrected chi connectivity index (χ1v) is 14.1. The zero-order chi connectivity index (χ0) is 26.4. The summed E-state index contributed by atoms with van der Waals surface area (Å²) in [4.78, 5) is 24.1. The molecule has 2 heterocycles. The van der Waals surface area contributed by atoms with Crippen LogP contribution >= 0.6 is 0 Å². The van der Waals surface area contributed by atoms with Gasteiger partial charge in [0.1, 0.15) is 5.75 Å². The Labute approximate surface area is 220 Å². The number of carboxylic acids is 1. The zero-order valence-corrected chi connectivity index (χ0v) is 22.9. The normalized spacial score (nSPS) is 18.8. The van der Waals surface area contributed by atoms with Gasteiger partial charge in [0.15, 0.2) is 0 Å². The topological polar surface area (TPSA) is 80.6 Å². The van der Waals surface area contributed by atoms with E-state index in [4.69, 9.17) is 9.84 Å². The number of carboxylic acid groups (broad SMARTS) is 1. The third-order valence-electron chi connectivity index (χ3n) is 8.85. The summed E-state index contributed by atoms with van der Waals surface area (Å²) in [6.45, 7) is 10.6. The molecular formula is C31H42N2O4. The lowest BCUT2D eigenvalue weighted by molar-refractivity contribution is -0.136. The first-order valence-electron chi connectivity index (χ1n) is 14.1. The molecule has 5 rings (SSSR count). The SMILES string of the molecule is Cc1c(C(=O)NCCC(=O)O)cc(-c2cc(C(C)(C)C)c3c(c2)C2(CCO3)CC2)n1CC1CCCCC1. The zero-order valence-electron chi connectivity index (χ0n) is 22.9. The Hall–Kier alpha value is -2.76. The number of rotatable bonds is 7. The Morgan fingerprint density at radius 1 is 1.11 bits per heavy atom. The predicted molar refractivity (Wildman–Crippen MR) is 145 cm³/mol. The van der Waals surface area contributed by atoms with Crippen LogP contribution in [0.3, 0.4) is 0 Å². The van der Waals surface area contributed by atoms with Gasteiger partial charge in [-0.3, -0.25) is 9.59 Å². The summed E-state index contributed by atoms with van der Waals surface area (Å²) in [6.07, 6.45) is 9.75. The second kappa shape index (κ2) is 9.85. The largest absolute Gasteiger partial charge is 0.493 e. The fourth-order valence-electron chi connectivity index (χ4n) is 6.39. The van der Waals surface area contributed by atoms with Gasteiger partial charge in [0, 0.05) is 41.0 Å². The number of hydrogen-bond acceptors (Lipinski definition) is 3. The molecule has 200 valence electrons. The fraction of sp³-hybridized carbons (Fsp3) is 0.613. The molecule has 1 aromatic carbocycles. The summed E-state index contributed by atoms with van der Waals surface area (Å²) in [5.41, 5.74) is 6.60. The van der Waals surface area contributed by atoms with Crippen molar-refractivity contribution >= 4 is 11.9 Å². The first kappa shape index (κ1) is 25.9. The van der Waals surface area contributed by atoms with Crippen molar-refractivity contribution in [2.75, 3.05) is 13.2 Å². The van der Waals surface area contributed by atoms with Crippen molar-refractivity contribution < 1.29 is 19.4 Å². The molecule has 1 aromatic heterocycles. The van der Waals surface area contributed by atoms with Gasteiger partial charge in [-0.15, -0.1) is 0 Å². The van der Waals surface area contributed by atoms with E-state index in [-0.39, 0.29) is 29.7 Å². The number of aromatic nitrogens is 1. The predicted octanol–water partition coefficient (Wildman–Crippen LogP) is 6.36. The number of carbonyl (C=O) groups excluding carboxylic acids is 1. The molecule has 2 N–H and O–H groups in total. The number of benzene rings is 1. The number of amides is 1. The summed E-state index contributed by atoms with van der Waals surface area (Å²) >= 11 is 0. The van der Waals surface area contributed by atoms with E-state index in [0.717, 1.165) is 42.3 Å². The molecule has 0 atom stereocenters. The molecule has 37 heavy (non-hydrogen) atoms. The minimum Gasteiger partial charge on any atom is -0.493 e. The summed E-state index contributed by atoms with van der Waals surface area (Å²) in [6, 6.07) is 6.67. The molecule has 3 aliphatic rings. The summed E-state index contributed by atoms with van der Waals surface area (Å²) in [7, 11) is 0. The van der Waals surface area contributed by atoms with Gasteiger partial charge in [0.05, 0.1) is 18.6 Å². The lowest BCUT2D eigenvalue weighted by Crippen LogP contribution is -2.26. The summed E-state index contributed by atoms with van der Waals surface area (Å²) in [5, 5.41) is 11.8. The fourth-order valence-corrected chi connectivity index (χ4v) is 6.39. The molecule has 2 aliphatic carbocycles. The van der Waals surface area contributed by atoms with Crippen LogP contribution in [0.5, 0.6) is 5.75 Å². The van der Waals surface area contributed by atoms with E-state index in [9.17, 15) is 9.59 Å². The Balaban J connectivity index is 1.60. The molecule has 0 bridgehead atoms. The highest BCUT2D eigenvalue weighted by Crippen LogP contribution is 2.58. The number of carbonyl (C=O) groups is 2. The Morgan fingerprint density at radius 3 is 2.49 bits per heavy atom. The van der Waals surface area contributed by atoms with E-state index in [1.807, 2.05) is 13.0 Å². The van der Waals surface area contributed by atoms with Crippen LogP contribution < -0.4 is 10.1 Å². The molecule has 0 unspecified atom stereocenters. The van der Waals surface area contributed by atoms with Crippen molar-refractivity contribution in [3.63, 3.8) is 0 Å². The highest BCUT2D eigenvalue weighted by molar-refractivity contribution is 5.97. The third-order valence-corrected chi connectivity index (χ3v) is 8.85. The molecule has 2 aromatic rings. The van der Waals surface area contributed by atoms with Crippen LogP contribution in [0, 0.1) is 12.8 Å². The van der Waals surface area contributed by atoms with Gasteiger partial charge in [-0.05, 0) is 74.1 Å². The van der Waals surface area contributed by atoms with Crippen molar-refractivity contribution in [2.45, 2.75) is 103 Å². The Kier molecular flexibility index (Phi) is 6.88. The Morgan fingerprint density at radius 2 is 1.84 bits per heavy atom. The quantitative estimate of drug-likeness (QED) is 0.458. The maximum Gasteiger partial charge on any atom is 0.305 e. The van der Waals surface area contributed by atoms with Gasteiger partial charge in [-0.1, -0.05) is 40.0 Å². The van der Waals surface area contributed by atoms with E-state index < -0.39 is 5.97 Å². The number of ether oxygens (including phenoxy) is 1.